The normalized spacial score (nSPS) is 11.0. The minimum atomic E-state index is -1.12. The van der Waals surface area contributed by atoms with Crippen molar-refractivity contribution >= 4 is 23.8 Å². The second-order valence-corrected chi connectivity index (χ2v) is 9.57. The molecule has 0 aliphatic heterocycles. The van der Waals surface area contributed by atoms with E-state index in [2.05, 4.69) is 5.32 Å². The lowest BCUT2D eigenvalue weighted by Gasteiger charge is -2.20. The number of carboxylic acids is 1. The topological polar surface area (TPSA) is 154 Å². The van der Waals surface area contributed by atoms with E-state index in [1.165, 1.54) is 19.1 Å². The van der Waals surface area contributed by atoms with Gasteiger partial charge in [0.15, 0.2) is 0 Å². The number of benzene rings is 1. The first kappa shape index (κ1) is 30.7. The SMILES string of the molecule is CC(=O)CCCCOc1cc(C(=O)O)cc(OCCCCC(N)=O)c1CCCNC(=O)OC(C)(C)C. The molecule has 1 aromatic rings. The van der Waals surface area contributed by atoms with Crippen LogP contribution in [0.15, 0.2) is 12.1 Å². The van der Waals surface area contributed by atoms with E-state index in [4.69, 9.17) is 19.9 Å². The highest BCUT2D eigenvalue weighted by Gasteiger charge is 2.18. The average molecular weight is 509 g/mol. The average Bonchev–Trinajstić information content (AvgIpc) is 2.75. The van der Waals surface area contributed by atoms with Crippen LogP contribution in [-0.4, -0.2) is 54.2 Å². The number of carboxylic acid groups (broad SMARTS) is 1. The number of nitrogens with one attached hydrogen (secondary N) is 1. The highest BCUT2D eigenvalue weighted by molar-refractivity contribution is 5.89. The van der Waals surface area contributed by atoms with E-state index in [1.807, 2.05) is 0 Å². The number of primary amides is 1. The zero-order chi connectivity index (χ0) is 27.1. The number of hydrogen-bond donors (Lipinski definition) is 3. The highest BCUT2D eigenvalue weighted by atomic mass is 16.6. The molecule has 202 valence electrons. The first-order chi connectivity index (χ1) is 16.9. The minimum Gasteiger partial charge on any atom is -0.493 e. The summed E-state index contributed by atoms with van der Waals surface area (Å²) in [5.74, 6) is -0.630. The molecule has 0 aliphatic carbocycles. The van der Waals surface area contributed by atoms with Gasteiger partial charge in [-0.2, -0.15) is 0 Å². The molecule has 2 amide bonds. The molecule has 1 aromatic carbocycles. The molecule has 0 saturated heterocycles. The number of hydrogen-bond acceptors (Lipinski definition) is 7. The van der Waals surface area contributed by atoms with Gasteiger partial charge >= 0.3 is 12.1 Å². The van der Waals surface area contributed by atoms with Crippen molar-refractivity contribution in [1.29, 1.82) is 0 Å². The Labute approximate surface area is 212 Å². The van der Waals surface area contributed by atoms with Crippen LogP contribution >= 0.6 is 0 Å². The van der Waals surface area contributed by atoms with Gasteiger partial charge in [-0.25, -0.2) is 9.59 Å². The Morgan fingerprint density at radius 2 is 1.47 bits per heavy atom. The molecule has 0 radical (unpaired) electrons. The molecule has 0 heterocycles. The summed E-state index contributed by atoms with van der Waals surface area (Å²) in [6.45, 7) is 7.81. The zero-order valence-electron chi connectivity index (χ0n) is 21.8. The highest BCUT2D eigenvalue weighted by Crippen LogP contribution is 2.33. The zero-order valence-corrected chi connectivity index (χ0v) is 21.8. The van der Waals surface area contributed by atoms with Crippen molar-refractivity contribution < 1.29 is 38.5 Å². The van der Waals surface area contributed by atoms with E-state index in [-0.39, 0.29) is 30.3 Å². The van der Waals surface area contributed by atoms with Gasteiger partial charge in [0.05, 0.1) is 18.8 Å². The maximum absolute atomic E-state index is 11.9. The van der Waals surface area contributed by atoms with E-state index in [9.17, 15) is 24.3 Å². The van der Waals surface area contributed by atoms with Crippen LogP contribution in [0, 0.1) is 0 Å². The van der Waals surface area contributed by atoms with Gasteiger partial charge in [-0.15, -0.1) is 0 Å². The summed E-state index contributed by atoms with van der Waals surface area (Å²) in [7, 11) is 0. The molecule has 0 atom stereocenters. The summed E-state index contributed by atoms with van der Waals surface area (Å²) in [6.07, 6.45) is 3.61. The molecule has 0 saturated carbocycles. The van der Waals surface area contributed by atoms with E-state index in [0.29, 0.717) is 75.2 Å². The van der Waals surface area contributed by atoms with Crippen molar-refractivity contribution in [2.75, 3.05) is 19.8 Å². The van der Waals surface area contributed by atoms with Gasteiger partial charge < -0.3 is 35.2 Å². The molecule has 0 aliphatic rings. The van der Waals surface area contributed by atoms with Gasteiger partial charge in [0, 0.05) is 24.9 Å². The van der Waals surface area contributed by atoms with Crippen molar-refractivity contribution in [2.45, 2.75) is 84.7 Å². The van der Waals surface area contributed by atoms with Crippen LogP contribution in [-0.2, 0) is 20.7 Å². The summed E-state index contributed by atoms with van der Waals surface area (Å²) in [6, 6.07) is 2.92. The van der Waals surface area contributed by atoms with Crippen LogP contribution in [0.5, 0.6) is 11.5 Å². The molecule has 0 fully saturated rings. The maximum atomic E-state index is 11.9. The Hall–Kier alpha value is -3.30. The van der Waals surface area contributed by atoms with Gasteiger partial charge in [-0.1, -0.05) is 0 Å². The van der Waals surface area contributed by atoms with Crippen molar-refractivity contribution in [2.24, 2.45) is 5.73 Å². The molecule has 0 aromatic heterocycles. The van der Waals surface area contributed by atoms with Crippen molar-refractivity contribution in [3.05, 3.63) is 23.3 Å². The van der Waals surface area contributed by atoms with E-state index in [0.717, 1.165) is 0 Å². The van der Waals surface area contributed by atoms with Crippen LogP contribution in [0.25, 0.3) is 0 Å². The van der Waals surface area contributed by atoms with E-state index in [1.54, 1.807) is 20.8 Å². The number of carbonyl (C=O) groups is 4. The number of carbonyl (C=O) groups excluding carboxylic acids is 3. The lowest BCUT2D eigenvalue weighted by atomic mass is 10.0. The molecule has 10 nitrogen and oxygen atoms in total. The second-order valence-electron chi connectivity index (χ2n) is 9.57. The fraction of sp³-hybridized carbons (Fsp3) is 0.615. The monoisotopic (exact) mass is 508 g/mol. The van der Waals surface area contributed by atoms with Gasteiger partial charge in [-0.3, -0.25) is 4.79 Å². The third-order valence-corrected chi connectivity index (χ3v) is 4.94. The molecular formula is C26H40N2O8. The summed E-state index contributed by atoms with van der Waals surface area (Å²) >= 11 is 0. The lowest BCUT2D eigenvalue weighted by molar-refractivity contribution is -0.118. The third kappa shape index (κ3) is 13.6. The first-order valence-electron chi connectivity index (χ1n) is 12.3. The minimum absolute atomic E-state index is 0.0245. The smallest absolute Gasteiger partial charge is 0.407 e. The number of ketones is 1. The van der Waals surface area contributed by atoms with Crippen molar-refractivity contribution in [3.8, 4) is 11.5 Å². The number of unbranched alkanes of at least 4 members (excludes halogenated alkanes) is 2. The molecular weight excluding hydrogens is 468 g/mol. The fourth-order valence-electron chi connectivity index (χ4n) is 3.26. The quantitative estimate of drug-likeness (QED) is 0.267. The Kier molecular flexibility index (Phi) is 13.4. The Morgan fingerprint density at radius 1 is 0.917 bits per heavy atom. The van der Waals surface area contributed by atoms with Gasteiger partial charge in [0.25, 0.3) is 0 Å². The van der Waals surface area contributed by atoms with E-state index >= 15 is 0 Å². The first-order valence-corrected chi connectivity index (χ1v) is 12.3. The van der Waals surface area contributed by atoms with Gasteiger partial charge in [0.1, 0.15) is 22.9 Å². The molecule has 0 bridgehead atoms. The number of aromatic carboxylic acids is 1. The summed E-state index contributed by atoms with van der Waals surface area (Å²) in [5.41, 5.74) is 5.28. The number of nitrogens with two attached hydrogens (primary N) is 1. The van der Waals surface area contributed by atoms with Crippen LogP contribution in [0.4, 0.5) is 4.79 Å². The standard InChI is InChI=1S/C26H40N2O8/c1-18(29)10-5-7-14-34-21-16-19(24(31)32)17-22(35-15-8-6-12-23(27)30)20(21)11-9-13-28-25(33)36-26(2,3)4/h16-17H,5-15H2,1-4H3,(H2,27,30)(H,28,33)(H,31,32). The summed E-state index contributed by atoms with van der Waals surface area (Å²) < 4.78 is 17.1. The number of rotatable bonds is 17. The van der Waals surface area contributed by atoms with Crippen LogP contribution in [0.1, 0.15) is 88.6 Å². The van der Waals surface area contributed by atoms with Crippen molar-refractivity contribution in [1.82, 2.24) is 5.32 Å². The molecule has 0 spiro atoms. The van der Waals surface area contributed by atoms with Crippen LogP contribution < -0.4 is 20.5 Å². The molecule has 0 unspecified atom stereocenters. The predicted molar refractivity (Wildman–Crippen MR) is 135 cm³/mol. The van der Waals surface area contributed by atoms with E-state index < -0.39 is 17.7 Å². The Bertz CT molecular complexity index is 847. The van der Waals surface area contributed by atoms with Crippen LogP contribution in [0.3, 0.4) is 0 Å². The van der Waals surface area contributed by atoms with Crippen LogP contribution in [0.2, 0.25) is 0 Å². The third-order valence-electron chi connectivity index (χ3n) is 4.94. The summed E-state index contributed by atoms with van der Waals surface area (Å²) in [5, 5.41) is 12.3. The fourth-order valence-corrected chi connectivity index (χ4v) is 3.26. The summed E-state index contributed by atoms with van der Waals surface area (Å²) in [4.78, 5) is 45.7. The Morgan fingerprint density at radius 3 is 1.94 bits per heavy atom. The van der Waals surface area contributed by atoms with Gasteiger partial charge in [-0.05, 0) is 78.4 Å². The molecule has 36 heavy (non-hydrogen) atoms. The Balaban J connectivity index is 2.96. The maximum Gasteiger partial charge on any atom is 0.407 e. The van der Waals surface area contributed by atoms with Crippen molar-refractivity contribution in [3.63, 3.8) is 0 Å². The number of alkyl carbamates (subject to hydrolysis) is 1. The van der Waals surface area contributed by atoms with Gasteiger partial charge in [0.2, 0.25) is 5.91 Å². The number of amides is 2. The largest absolute Gasteiger partial charge is 0.493 e. The predicted octanol–water partition coefficient (Wildman–Crippen LogP) is 4.01. The molecule has 4 N–H and O–H groups in total. The second kappa shape index (κ2) is 15.6. The lowest BCUT2D eigenvalue weighted by Crippen LogP contribution is -2.33. The molecule has 1 rings (SSSR count). The molecule has 10 heteroatoms. The number of ether oxygens (including phenoxy) is 3. The number of Topliss-reactive ketones (excluding diaryl/α,β-unsaturated/α-hetero) is 1.